The van der Waals surface area contributed by atoms with Crippen molar-refractivity contribution in [2.24, 2.45) is 0 Å². The number of nitrogens with one attached hydrogen (secondary N) is 1. The summed E-state index contributed by atoms with van der Waals surface area (Å²) >= 11 is 0. The van der Waals surface area contributed by atoms with Crippen molar-refractivity contribution < 1.29 is 23.1 Å². The number of aromatic carboxylic acids is 1. The van der Waals surface area contributed by atoms with Crippen LogP contribution in [-0.2, 0) is 9.84 Å². The van der Waals surface area contributed by atoms with Gasteiger partial charge in [0.05, 0.1) is 10.3 Å². The molecule has 0 spiro atoms. The van der Waals surface area contributed by atoms with Crippen LogP contribution in [-0.4, -0.2) is 42.9 Å². The van der Waals surface area contributed by atoms with Gasteiger partial charge in [0.2, 0.25) is 0 Å². The molecule has 0 saturated heterocycles. The van der Waals surface area contributed by atoms with Gasteiger partial charge in [0.1, 0.15) is 0 Å². The van der Waals surface area contributed by atoms with Crippen LogP contribution < -0.4 is 5.32 Å². The lowest BCUT2D eigenvalue weighted by molar-refractivity contribution is 0.0696. The van der Waals surface area contributed by atoms with Gasteiger partial charge in [-0.3, -0.25) is 4.79 Å². The number of hydrogen-bond acceptors (Lipinski definition) is 4. The zero-order chi connectivity index (χ0) is 15.6. The summed E-state index contributed by atoms with van der Waals surface area (Å²) in [5.41, 5.74) is 0.359. The maximum absolute atomic E-state index is 11.8. The highest BCUT2D eigenvalue weighted by Crippen LogP contribution is 2.14. The molecule has 0 heterocycles. The SMILES string of the molecule is CC(C)(CNC(=O)c1ccc(C(=O)O)cc1)S(C)(=O)=O. The Balaban J connectivity index is 2.75. The Hall–Kier alpha value is -1.89. The Kier molecular flexibility index (Phi) is 4.54. The van der Waals surface area contributed by atoms with Crippen LogP contribution in [0, 0.1) is 0 Å². The average molecular weight is 299 g/mol. The minimum Gasteiger partial charge on any atom is -0.478 e. The number of hydrogen-bond donors (Lipinski definition) is 2. The Labute approximate surface area is 117 Å². The van der Waals surface area contributed by atoms with E-state index in [1.54, 1.807) is 0 Å². The Bertz CT molecular complexity index is 617. The van der Waals surface area contributed by atoms with Crippen LogP contribution >= 0.6 is 0 Å². The molecular formula is C13H17NO5S. The van der Waals surface area contributed by atoms with Crippen LogP contribution in [0.3, 0.4) is 0 Å². The largest absolute Gasteiger partial charge is 0.478 e. The Morgan fingerprint density at radius 3 is 2.00 bits per heavy atom. The second kappa shape index (κ2) is 5.62. The zero-order valence-corrected chi connectivity index (χ0v) is 12.3. The smallest absolute Gasteiger partial charge is 0.335 e. The fourth-order valence-electron chi connectivity index (χ4n) is 1.29. The first-order valence-corrected chi connectivity index (χ1v) is 7.75. The summed E-state index contributed by atoms with van der Waals surface area (Å²) in [6.45, 7) is 3.03. The quantitative estimate of drug-likeness (QED) is 0.842. The van der Waals surface area contributed by atoms with Crippen LogP contribution in [0.5, 0.6) is 0 Å². The molecule has 6 nitrogen and oxygen atoms in total. The van der Waals surface area contributed by atoms with Gasteiger partial charge in [-0.25, -0.2) is 13.2 Å². The molecule has 0 aromatic heterocycles. The lowest BCUT2D eigenvalue weighted by atomic mass is 10.1. The third-order valence-electron chi connectivity index (χ3n) is 3.07. The molecule has 0 unspecified atom stereocenters. The van der Waals surface area contributed by atoms with Gasteiger partial charge < -0.3 is 10.4 Å². The monoisotopic (exact) mass is 299 g/mol. The van der Waals surface area contributed by atoms with Gasteiger partial charge in [-0.15, -0.1) is 0 Å². The fourth-order valence-corrected chi connectivity index (χ4v) is 1.62. The van der Waals surface area contributed by atoms with Crippen molar-refractivity contribution in [1.82, 2.24) is 5.32 Å². The standard InChI is InChI=1S/C13H17NO5S/c1-13(2,20(3,18)19)8-14-11(15)9-4-6-10(7-5-9)12(16)17/h4-7H,8H2,1-3H3,(H,14,15)(H,16,17). The van der Waals surface area contributed by atoms with Gasteiger partial charge in [0.15, 0.2) is 9.84 Å². The van der Waals surface area contributed by atoms with E-state index >= 15 is 0 Å². The molecule has 110 valence electrons. The van der Waals surface area contributed by atoms with Crippen molar-refractivity contribution in [3.63, 3.8) is 0 Å². The molecular weight excluding hydrogens is 282 g/mol. The predicted octanol–water partition coefficient (Wildman–Crippen LogP) is 0.938. The van der Waals surface area contributed by atoms with Gasteiger partial charge in [0.25, 0.3) is 5.91 Å². The molecule has 0 fully saturated rings. The number of amides is 1. The predicted molar refractivity (Wildman–Crippen MR) is 74.7 cm³/mol. The van der Waals surface area contributed by atoms with E-state index in [-0.39, 0.29) is 17.7 Å². The third-order valence-corrected chi connectivity index (χ3v) is 5.22. The first-order chi connectivity index (χ1) is 9.04. The summed E-state index contributed by atoms with van der Waals surface area (Å²) in [6.07, 6.45) is 1.11. The van der Waals surface area contributed by atoms with Gasteiger partial charge >= 0.3 is 5.97 Å². The van der Waals surface area contributed by atoms with Gasteiger partial charge in [-0.05, 0) is 38.1 Å². The number of carbonyl (C=O) groups excluding carboxylic acids is 1. The van der Waals surface area contributed by atoms with Crippen molar-refractivity contribution in [2.75, 3.05) is 12.8 Å². The molecule has 20 heavy (non-hydrogen) atoms. The van der Waals surface area contributed by atoms with E-state index in [2.05, 4.69) is 5.32 Å². The lowest BCUT2D eigenvalue weighted by Crippen LogP contribution is -2.43. The van der Waals surface area contributed by atoms with Crippen LogP contribution in [0.1, 0.15) is 34.6 Å². The molecule has 0 bridgehead atoms. The zero-order valence-electron chi connectivity index (χ0n) is 11.5. The van der Waals surface area contributed by atoms with Crippen LogP contribution in [0.25, 0.3) is 0 Å². The highest BCUT2D eigenvalue weighted by Gasteiger charge is 2.30. The molecule has 1 amide bonds. The van der Waals surface area contributed by atoms with E-state index in [0.29, 0.717) is 0 Å². The summed E-state index contributed by atoms with van der Waals surface area (Å²) in [6, 6.07) is 5.40. The topological polar surface area (TPSA) is 101 Å². The van der Waals surface area contributed by atoms with Gasteiger partial charge in [0, 0.05) is 18.4 Å². The summed E-state index contributed by atoms with van der Waals surface area (Å²) in [5, 5.41) is 11.3. The van der Waals surface area contributed by atoms with E-state index < -0.39 is 26.5 Å². The highest BCUT2D eigenvalue weighted by atomic mass is 32.2. The molecule has 1 aromatic carbocycles. The summed E-state index contributed by atoms with van der Waals surface area (Å²) < 4.78 is 21.9. The van der Waals surface area contributed by atoms with Crippen LogP contribution in [0.15, 0.2) is 24.3 Å². The normalized spacial score (nSPS) is 11.9. The van der Waals surface area contributed by atoms with Crippen LogP contribution in [0.2, 0.25) is 0 Å². The number of benzene rings is 1. The molecule has 1 rings (SSSR count). The second-order valence-corrected chi connectivity index (χ2v) is 7.75. The van der Waals surface area contributed by atoms with Crippen LogP contribution in [0.4, 0.5) is 0 Å². The molecule has 1 aromatic rings. The van der Waals surface area contributed by atoms with E-state index in [1.165, 1.54) is 38.1 Å². The Morgan fingerprint density at radius 1 is 1.15 bits per heavy atom. The maximum Gasteiger partial charge on any atom is 0.335 e. The number of sulfone groups is 1. The van der Waals surface area contributed by atoms with Gasteiger partial charge in [-0.2, -0.15) is 0 Å². The van der Waals surface area contributed by atoms with Crippen molar-refractivity contribution in [3.05, 3.63) is 35.4 Å². The van der Waals surface area contributed by atoms with Crippen molar-refractivity contribution in [1.29, 1.82) is 0 Å². The fraction of sp³-hybridized carbons (Fsp3) is 0.385. The minimum atomic E-state index is -3.29. The lowest BCUT2D eigenvalue weighted by Gasteiger charge is -2.22. The molecule has 2 N–H and O–H groups in total. The van der Waals surface area contributed by atoms with E-state index in [9.17, 15) is 18.0 Å². The molecule has 0 aliphatic heterocycles. The summed E-state index contributed by atoms with van der Waals surface area (Å²) in [5.74, 6) is -1.52. The van der Waals surface area contributed by atoms with Crippen molar-refractivity contribution in [3.8, 4) is 0 Å². The summed E-state index contributed by atoms with van der Waals surface area (Å²) in [4.78, 5) is 22.5. The maximum atomic E-state index is 11.8. The van der Waals surface area contributed by atoms with E-state index in [0.717, 1.165) is 6.26 Å². The van der Waals surface area contributed by atoms with Crippen molar-refractivity contribution >= 4 is 21.7 Å². The highest BCUT2D eigenvalue weighted by molar-refractivity contribution is 7.92. The number of rotatable bonds is 5. The first-order valence-electron chi connectivity index (χ1n) is 5.86. The second-order valence-electron chi connectivity index (χ2n) is 5.10. The molecule has 0 atom stereocenters. The number of carboxylic acids is 1. The minimum absolute atomic E-state index is 0.0225. The molecule has 0 aliphatic carbocycles. The van der Waals surface area contributed by atoms with Crippen molar-refractivity contribution in [2.45, 2.75) is 18.6 Å². The average Bonchev–Trinajstić information content (AvgIpc) is 2.34. The summed E-state index contributed by atoms with van der Waals surface area (Å²) in [7, 11) is -3.29. The van der Waals surface area contributed by atoms with Gasteiger partial charge in [-0.1, -0.05) is 0 Å². The van der Waals surface area contributed by atoms with E-state index in [1.807, 2.05) is 0 Å². The number of carboxylic acid groups (broad SMARTS) is 1. The molecule has 7 heteroatoms. The third kappa shape index (κ3) is 3.80. The first kappa shape index (κ1) is 16.2. The molecule has 0 radical (unpaired) electrons. The van der Waals surface area contributed by atoms with E-state index in [4.69, 9.17) is 5.11 Å². The Morgan fingerprint density at radius 2 is 1.60 bits per heavy atom. The number of carbonyl (C=O) groups is 2. The molecule has 0 aliphatic rings. The molecule has 0 saturated carbocycles.